The molecular weight excluding hydrogens is 336 g/mol. The third-order valence-corrected chi connectivity index (χ3v) is 3.57. The molecule has 0 heterocycles. The first-order chi connectivity index (χ1) is 12.2. The van der Waals surface area contributed by atoms with E-state index in [0.29, 0.717) is 0 Å². The number of aliphatic hydroxyl groups excluding tert-OH is 1. The number of nitrogens with one attached hydrogen (secondary N) is 1. The van der Waals surface area contributed by atoms with Gasteiger partial charge in [0.05, 0.1) is 6.61 Å². The van der Waals surface area contributed by atoms with E-state index in [1.807, 2.05) is 30.3 Å². The van der Waals surface area contributed by atoms with E-state index in [1.165, 1.54) is 4.90 Å². The molecule has 0 radical (unpaired) electrons. The zero-order valence-electron chi connectivity index (χ0n) is 15.8. The predicted molar refractivity (Wildman–Crippen MR) is 97.4 cm³/mol. The zero-order chi connectivity index (χ0) is 19.7. The summed E-state index contributed by atoms with van der Waals surface area (Å²) in [6.45, 7) is 6.20. The molecule has 1 aromatic rings. The highest BCUT2D eigenvalue weighted by Crippen LogP contribution is 2.11. The van der Waals surface area contributed by atoms with Crippen molar-refractivity contribution in [1.29, 1.82) is 0 Å². The highest BCUT2D eigenvalue weighted by molar-refractivity contribution is 5.90. The maximum Gasteiger partial charge on any atom is 0.408 e. The Labute approximate surface area is 154 Å². The fourth-order valence-electron chi connectivity index (χ4n) is 2.33. The van der Waals surface area contributed by atoms with Crippen LogP contribution in [0, 0.1) is 0 Å². The molecule has 0 aromatic heterocycles. The van der Waals surface area contributed by atoms with Crippen molar-refractivity contribution in [2.45, 2.75) is 52.3 Å². The van der Waals surface area contributed by atoms with Crippen molar-refractivity contribution in [3.63, 3.8) is 0 Å². The third kappa shape index (κ3) is 7.23. The lowest BCUT2D eigenvalue weighted by atomic mass is 10.1. The Kier molecular flexibility index (Phi) is 8.25. The van der Waals surface area contributed by atoms with E-state index in [-0.39, 0.29) is 25.3 Å². The van der Waals surface area contributed by atoms with Gasteiger partial charge in [-0.25, -0.2) is 4.79 Å². The van der Waals surface area contributed by atoms with Gasteiger partial charge in [-0.15, -0.1) is 0 Å². The predicted octanol–water partition coefficient (Wildman–Crippen LogP) is 1.88. The first kappa shape index (κ1) is 21.6. The number of ketones is 1. The van der Waals surface area contributed by atoms with E-state index >= 15 is 0 Å². The molecule has 0 unspecified atom stereocenters. The first-order valence-corrected chi connectivity index (χ1v) is 8.61. The summed E-state index contributed by atoms with van der Waals surface area (Å²) in [5.74, 6) is -0.713. The lowest BCUT2D eigenvalue weighted by Gasteiger charge is -2.30. The second-order valence-corrected chi connectivity index (χ2v) is 6.88. The Hall–Kier alpha value is -2.41. The Balaban J connectivity index is 2.87. The summed E-state index contributed by atoms with van der Waals surface area (Å²) in [5, 5.41) is 12.0. The van der Waals surface area contributed by atoms with Gasteiger partial charge in [-0.3, -0.25) is 9.59 Å². The molecule has 0 aliphatic heterocycles. The van der Waals surface area contributed by atoms with E-state index in [9.17, 15) is 19.5 Å². The lowest BCUT2D eigenvalue weighted by molar-refractivity contribution is -0.141. The Morgan fingerprint density at radius 3 is 2.31 bits per heavy atom. The van der Waals surface area contributed by atoms with Crippen LogP contribution in [0.3, 0.4) is 0 Å². The summed E-state index contributed by atoms with van der Waals surface area (Å²) < 4.78 is 5.10. The van der Waals surface area contributed by atoms with Crippen molar-refractivity contribution in [3.05, 3.63) is 35.9 Å². The monoisotopic (exact) mass is 364 g/mol. The number of Topliss-reactive ketones (excluding diaryl/α,β-unsaturated/α-hetero) is 1. The van der Waals surface area contributed by atoms with Crippen LogP contribution in [0.5, 0.6) is 0 Å². The fraction of sp³-hybridized carbons (Fsp3) is 0.526. The van der Waals surface area contributed by atoms with Crippen LogP contribution in [0.1, 0.15) is 39.7 Å². The molecule has 2 N–H and O–H groups in total. The molecule has 1 rings (SSSR count). The largest absolute Gasteiger partial charge is 0.444 e. The van der Waals surface area contributed by atoms with E-state index in [2.05, 4.69) is 5.32 Å². The first-order valence-electron chi connectivity index (χ1n) is 8.61. The molecule has 0 saturated heterocycles. The fourth-order valence-corrected chi connectivity index (χ4v) is 2.33. The number of rotatable bonds is 8. The summed E-state index contributed by atoms with van der Waals surface area (Å²) in [7, 11) is 0. The van der Waals surface area contributed by atoms with Crippen molar-refractivity contribution in [1.82, 2.24) is 10.2 Å². The van der Waals surface area contributed by atoms with Crippen molar-refractivity contribution in [3.8, 4) is 0 Å². The van der Waals surface area contributed by atoms with Crippen LogP contribution in [0.2, 0.25) is 0 Å². The highest BCUT2D eigenvalue weighted by atomic mass is 16.6. The second-order valence-electron chi connectivity index (χ2n) is 6.88. The van der Waals surface area contributed by atoms with Crippen LogP contribution >= 0.6 is 0 Å². The van der Waals surface area contributed by atoms with Crippen molar-refractivity contribution in [2.75, 3.05) is 13.2 Å². The molecule has 7 heteroatoms. The number of amides is 2. The molecule has 0 aliphatic rings. The molecule has 26 heavy (non-hydrogen) atoms. The SMILES string of the molecule is CCC(=O)[C@@H](CO)N(Cc1ccccc1)C(=O)CNC(=O)OC(C)(C)C. The van der Waals surface area contributed by atoms with Gasteiger partial charge in [0.1, 0.15) is 18.2 Å². The number of hydrogen-bond acceptors (Lipinski definition) is 5. The quantitative estimate of drug-likeness (QED) is 0.734. The summed E-state index contributed by atoms with van der Waals surface area (Å²) in [6, 6.07) is 8.20. The van der Waals surface area contributed by atoms with E-state index in [1.54, 1.807) is 27.7 Å². The third-order valence-electron chi connectivity index (χ3n) is 3.57. The molecular formula is C19H28N2O5. The van der Waals surface area contributed by atoms with Gasteiger partial charge in [-0.05, 0) is 26.3 Å². The molecule has 7 nitrogen and oxygen atoms in total. The van der Waals surface area contributed by atoms with Crippen molar-refractivity contribution in [2.24, 2.45) is 0 Å². The summed E-state index contributed by atoms with van der Waals surface area (Å²) in [4.78, 5) is 37.8. The topological polar surface area (TPSA) is 95.9 Å². The number of ether oxygens (including phenoxy) is 1. The molecule has 0 fully saturated rings. The maximum atomic E-state index is 12.6. The Bertz CT molecular complexity index is 610. The van der Waals surface area contributed by atoms with Crippen LogP contribution in [0.25, 0.3) is 0 Å². The number of aliphatic hydroxyl groups is 1. The Morgan fingerprint density at radius 1 is 1.19 bits per heavy atom. The van der Waals surface area contributed by atoms with Crippen LogP contribution in [-0.4, -0.2) is 52.6 Å². The van der Waals surface area contributed by atoms with Gasteiger partial charge in [0.2, 0.25) is 5.91 Å². The lowest BCUT2D eigenvalue weighted by Crippen LogP contribution is -2.50. The van der Waals surface area contributed by atoms with Gasteiger partial charge < -0.3 is 20.1 Å². The van der Waals surface area contributed by atoms with E-state index in [0.717, 1.165) is 5.56 Å². The molecule has 0 bridgehead atoms. The molecule has 1 aromatic carbocycles. The minimum Gasteiger partial charge on any atom is -0.444 e. The van der Waals surface area contributed by atoms with Gasteiger partial charge in [0, 0.05) is 13.0 Å². The number of carbonyl (C=O) groups excluding carboxylic acids is 3. The molecule has 144 valence electrons. The van der Waals surface area contributed by atoms with Crippen LogP contribution < -0.4 is 5.32 Å². The summed E-state index contributed by atoms with van der Waals surface area (Å²) in [6.07, 6.45) is -0.517. The van der Waals surface area contributed by atoms with Crippen LogP contribution in [-0.2, 0) is 20.9 Å². The van der Waals surface area contributed by atoms with E-state index in [4.69, 9.17) is 4.74 Å². The van der Waals surface area contributed by atoms with Gasteiger partial charge in [-0.2, -0.15) is 0 Å². The number of benzene rings is 1. The molecule has 0 spiro atoms. The number of nitrogens with zero attached hydrogens (tertiary/aromatic N) is 1. The normalized spacial score (nSPS) is 12.2. The highest BCUT2D eigenvalue weighted by Gasteiger charge is 2.28. The smallest absolute Gasteiger partial charge is 0.408 e. The van der Waals surface area contributed by atoms with Crippen LogP contribution in [0.4, 0.5) is 4.79 Å². The van der Waals surface area contributed by atoms with Gasteiger partial charge >= 0.3 is 6.09 Å². The molecule has 0 saturated carbocycles. The number of alkyl carbamates (subject to hydrolysis) is 1. The Morgan fingerprint density at radius 2 is 1.81 bits per heavy atom. The second kappa shape index (κ2) is 9.91. The van der Waals surface area contributed by atoms with Crippen molar-refractivity contribution < 1.29 is 24.2 Å². The number of carbonyl (C=O) groups is 3. The average Bonchev–Trinajstić information content (AvgIpc) is 2.58. The standard InChI is InChI=1S/C19H28N2O5/c1-5-16(23)15(13-22)21(12-14-9-7-6-8-10-14)17(24)11-20-18(25)26-19(2,3)4/h6-10,15,22H,5,11-13H2,1-4H3,(H,20,25)/t15-/m1/s1. The minimum absolute atomic E-state index is 0.159. The summed E-state index contributed by atoms with van der Waals surface area (Å²) >= 11 is 0. The van der Waals surface area contributed by atoms with Gasteiger partial charge in [-0.1, -0.05) is 37.3 Å². The van der Waals surface area contributed by atoms with Gasteiger partial charge in [0.15, 0.2) is 5.78 Å². The average molecular weight is 364 g/mol. The van der Waals surface area contributed by atoms with Gasteiger partial charge in [0.25, 0.3) is 0 Å². The summed E-state index contributed by atoms with van der Waals surface area (Å²) in [5.41, 5.74) is 0.142. The molecule has 2 amide bonds. The van der Waals surface area contributed by atoms with Crippen LogP contribution in [0.15, 0.2) is 30.3 Å². The molecule has 1 atom stereocenters. The maximum absolute atomic E-state index is 12.6. The van der Waals surface area contributed by atoms with Crippen molar-refractivity contribution >= 4 is 17.8 Å². The van der Waals surface area contributed by atoms with E-state index < -0.39 is 30.3 Å². The molecule has 0 aliphatic carbocycles. The zero-order valence-corrected chi connectivity index (χ0v) is 15.8. The minimum atomic E-state index is -0.951. The number of hydrogen-bond donors (Lipinski definition) is 2.